The van der Waals surface area contributed by atoms with Gasteiger partial charge in [0.1, 0.15) is 19.3 Å². The van der Waals surface area contributed by atoms with Crippen LogP contribution in [0.25, 0.3) is 0 Å². The van der Waals surface area contributed by atoms with Crippen LogP contribution in [0.3, 0.4) is 0 Å². The van der Waals surface area contributed by atoms with Gasteiger partial charge in [0, 0.05) is 25.7 Å². The van der Waals surface area contributed by atoms with Crippen molar-refractivity contribution in [1.29, 1.82) is 0 Å². The normalized spacial score (nSPS) is 14.1. The highest BCUT2D eigenvalue weighted by molar-refractivity contribution is 7.47. The molecule has 3 N–H and O–H groups in total. The van der Waals surface area contributed by atoms with Crippen LogP contribution < -0.4 is 0 Å². The summed E-state index contributed by atoms with van der Waals surface area (Å²) in [6, 6.07) is 0. The third-order valence-electron chi connectivity index (χ3n) is 20.3. The number of phosphoric ester groups is 2. The molecule has 3 unspecified atom stereocenters. The molecule has 0 aromatic carbocycles. The number of ether oxygens (including phenoxy) is 4. The van der Waals surface area contributed by atoms with E-state index in [1.807, 2.05) is 0 Å². The van der Waals surface area contributed by atoms with Gasteiger partial charge in [0.2, 0.25) is 0 Å². The molecule has 0 spiro atoms. The molecule has 0 bridgehead atoms. The Balaban J connectivity index is 5.26. The zero-order valence-electron chi connectivity index (χ0n) is 68.3. The summed E-state index contributed by atoms with van der Waals surface area (Å²) in [4.78, 5) is 73.2. The molecule has 0 aliphatic rings. The number of carbonyl (C=O) groups is 4. The van der Waals surface area contributed by atoms with Crippen molar-refractivity contribution in [2.75, 3.05) is 39.6 Å². The molecule has 0 saturated carbocycles. The van der Waals surface area contributed by atoms with Crippen LogP contribution in [0.15, 0.2) is 0 Å². The zero-order valence-corrected chi connectivity index (χ0v) is 70.1. The molecule has 0 aromatic rings. The van der Waals surface area contributed by atoms with E-state index in [-0.39, 0.29) is 25.7 Å². The molecule has 104 heavy (non-hydrogen) atoms. The lowest BCUT2D eigenvalue weighted by Gasteiger charge is -2.21. The van der Waals surface area contributed by atoms with Crippen LogP contribution in [-0.2, 0) is 65.4 Å². The SMILES string of the molecule is CCCCCCCCCCCCCCCCCCCCC(=O)OC[C@H](COP(=O)(O)OC[C@@H](O)COP(=O)(O)OC[C@@H](COC(=O)CCCCCCCCCCCCCC)OC(=O)CCCCCCCCCCCCCCCC(C)C)OC(=O)CCCCCCCCCCCCCCCCC(C)CC. The highest BCUT2D eigenvalue weighted by Crippen LogP contribution is 2.45. The minimum Gasteiger partial charge on any atom is -0.462 e. The molecular weight excluding hydrogens is 1350 g/mol. The number of hydrogen-bond acceptors (Lipinski definition) is 15. The van der Waals surface area contributed by atoms with Gasteiger partial charge in [0.15, 0.2) is 12.2 Å². The molecule has 0 aliphatic carbocycles. The highest BCUT2D eigenvalue weighted by atomic mass is 31.2. The first-order chi connectivity index (χ1) is 50.4. The van der Waals surface area contributed by atoms with Crippen molar-refractivity contribution >= 4 is 39.5 Å². The van der Waals surface area contributed by atoms with E-state index >= 15 is 0 Å². The van der Waals surface area contributed by atoms with Crippen LogP contribution in [0.1, 0.15) is 452 Å². The van der Waals surface area contributed by atoms with Crippen LogP contribution in [-0.4, -0.2) is 96.7 Å². The summed E-state index contributed by atoms with van der Waals surface area (Å²) in [7, 11) is -9.93. The Morgan fingerprint density at radius 2 is 0.490 bits per heavy atom. The molecule has 0 heterocycles. The molecule has 0 fully saturated rings. The number of rotatable bonds is 84. The number of phosphoric acid groups is 2. The first-order valence-electron chi connectivity index (χ1n) is 44.0. The quantitative estimate of drug-likeness (QED) is 0.0222. The number of hydrogen-bond donors (Lipinski definition) is 3. The fourth-order valence-electron chi connectivity index (χ4n) is 13.2. The first-order valence-corrected chi connectivity index (χ1v) is 47.0. The van der Waals surface area contributed by atoms with Crippen LogP contribution >= 0.6 is 15.6 Å². The van der Waals surface area contributed by atoms with Gasteiger partial charge >= 0.3 is 39.5 Å². The predicted octanol–water partition coefficient (Wildman–Crippen LogP) is 25.8. The van der Waals surface area contributed by atoms with Gasteiger partial charge in [-0.1, -0.05) is 401 Å². The Morgan fingerprint density at radius 3 is 0.731 bits per heavy atom. The third kappa shape index (κ3) is 76.8. The summed E-state index contributed by atoms with van der Waals surface area (Å²) in [5, 5.41) is 10.7. The lowest BCUT2D eigenvalue weighted by molar-refractivity contribution is -0.161. The predicted molar refractivity (Wildman–Crippen MR) is 428 cm³/mol. The monoisotopic (exact) mass is 1520 g/mol. The van der Waals surface area contributed by atoms with Crippen molar-refractivity contribution in [3.05, 3.63) is 0 Å². The minimum atomic E-state index is -4.97. The summed E-state index contributed by atoms with van der Waals surface area (Å²) >= 11 is 0. The molecule has 618 valence electrons. The van der Waals surface area contributed by atoms with Gasteiger partial charge in [-0.2, -0.15) is 0 Å². The van der Waals surface area contributed by atoms with Crippen molar-refractivity contribution < 1.29 is 80.2 Å². The van der Waals surface area contributed by atoms with E-state index in [2.05, 4.69) is 41.5 Å². The molecular formula is C85H166O17P2. The Morgan fingerprint density at radius 1 is 0.279 bits per heavy atom. The second-order valence-corrected chi connectivity index (χ2v) is 34.2. The van der Waals surface area contributed by atoms with Crippen molar-refractivity contribution in [3.8, 4) is 0 Å². The van der Waals surface area contributed by atoms with Gasteiger partial charge < -0.3 is 33.8 Å². The fourth-order valence-corrected chi connectivity index (χ4v) is 14.8. The van der Waals surface area contributed by atoms with Crippen LogP contribution in [0.2, 0.25) is 0 Å². The second-order valence-electron chi connectivity index (χ2n) is 31.3. The molecule has 0 rings (SSSR count). The number of esters is 4. The maximum atomic E-state index is 13.1. The number of aliphatic hydroxyl groups excluding tert-OH is 1. The lowest BCUT2D eigenvalue weighted by Crippen LogP contribution is -2.30. The molecule has 0 radical (unpaired) electrons. The number of unbranched alkanes of at least 4 members (excludes halogenated alkanes) is 53. The largest absolute Gasteiger partial charge is 0.472 e. The number of carbonyl (C=O) groups excluding carboxylic acids is 4. The molecule has 19 heteroatoms. The van der Waals surface area contributed by atoms with Gasteiger partial charge in [0.25, 0.3) is 0 Å². The van der Waals surface area contributed by atoms with Gasteiger partial charge in [0.05, 0.1) is 26.4 Å². The Labute approximate surface area is 638 Å². The van der Waals surface area contributed by atoms with Crippen molar-refractivity contribution in [2.45, 2.75) is 471 Å². The summed E-state index contributed by atoms with van der Waals surface area (Å²) in [5.74, 6) is -0.468. The van der Waals surface area contributed by atoms with E-state index in [9.17, 15) is 43.2 Å². The maximum absolute atomic E-state index is 13.1. The zero-order chi connectivity index (χ0) is 76.4. The van der Waals surface area contributed by atoms with E-state index in [0.29, 0.717) is 25.7 Å². The average Bonchev–Trinajstić information content (AvgIpc) is 0.906. The standard InChI is InChI=1S/C85H166O17P2/c1-7-10-12-14-16-18-20-22-23-24-25-26-32-38-44-50-56-62-68-83(88)96-74-81(101-84(89)69-63-57-51-45-39-33-28-27-31-36-42-48-54-60-66-78(6)9-3)76-100-104(93,94)98-72-79(86)71-97-103(91,92)99-75-80(73-95-82(87)67-61-55-49-43-37-21-19-17-15-13-11-8-2)102-85(90)70-64-58-52-46-40-34-29-30-35-41-47-53-59-65-77(4)5/h77-81,86H,7-76H2,1-6H3,(H,91,92)(H,93,94)/t78?,79-,80+,81+/m0/s1. The molecule has 0 saturated heterocycles. The Hall–Kier alpha value is -1.94. The van der Waals surface area contributed by atoms with Crippen LogP contribution in [0.4, 0.5) is 0 Å². The van der Waals surface area contributed by atoms with Crippen LogP contribution in [0.5, 0.6) is 0 Å². The second kappa shape index (κ2) is 76.4. The molecule has 17 nitrogen and oxygen atoms in total. The fraction of sp³-hybridized carbons (Fsp3) is 0.953. The van der Waals surface area contributed by atoms with E-state index in [0.717, 1.165) is 102 Å². The van der Waals surface area contributed by atoms with E-state index < -0.39 is 97.5 Å². The first kappa shape index (κ1) is 102. The Kier molecular flexibility index (Phi) is 75.0. The lowest BCUT2D eigenvalue weighted by atomic mass is 9.99. The van der Waals surface area contributed by atoms with Gasteiger partial charge in [-0.05, 0) is 37.5 Å². The molecule has 6 atom stereocenters. The van der Waals surface area contributed by atoms with Crippen LogP contribution in [0, 0.1) is 11.8 Å². The summed E-state index contributed by atoms with van der Waals surface area (Å²) in [5.41, 5.74) is 0. The highest BCUT2D eigenvalue weighted by Gasteiger charge is 2.30. The van der Waals surface area contributed by atoms with E-state index in [1.165, 1.54) is 270 Å². The van der Waals surface area contributed by atoms with E-state index in [4.69, 9.17) is 37.0 Å². The molecule has 0 amide bonds. The van der Waals surface area contributed by atoms with E-state index in [1.54, 1.807) is 0 Å². The topological polar surface area (TPSA) is 237 Å². The van der Waals surface area contributed by atoms with Crippen molar-refractivity contribution in [3.63, 3.8) is 0 Å². The molecule has 0 aliphatic heterocycles. The maximum Gasteiger partial charge on any atom is 0.472 e. The van der Waals surface area contributed by atoms with Gasteiger partial charge in [-0.15, -0.1) is 0 Å². The van der Waals surface area contributed by atoms with Crippen molar-refractivity contribution in [2.24, 2.45) is 11.8 Å². The van der Waals surface area contributed by atoms with Gasteiger partial charge in [-0.3, -0.25) is 37.3 Å². The number of aliphatic hydroxyl groups is 1. The Bertz CT molecular complexity index is 2000. The van der Waals surface area contributed by atoms with Crippen molar-refractivity contribution in [1.82, 2.24) is 0 Å². The average molecular weight is 1520 g/mol. The summed E-state index contributed by atoms with van der Waals surface area (Å²) in [6.07, 6.45) is 67.8. The summed E-state index contributed by atoms with van der Waals surface area (Å²) in [6.45, 7) is 9.74. The third-order valence-corrected chi connectivity index (χ3v) is 22.2. The minimum absolute atomic E-state index is 0.108. The van der Waals surface area contributed by atoms with Gasteiger partial charge in [-0.25, -0.2) is 9.13 Å². The summed E-state index contributed by atoms with van der Waals surface area (Å²) < 4.78 is 68.9. The molecule has 0 aromatic heterocycles. The smallest absolute Gasteiger partial charge is 0.462 e.